The number of hydrogen-bond acceptors (Lipinski definition) is 3. The maximum Gasteiger partial charge on any atom is 0.303 e. The topological polar surface area (TPSA) is 74.6 Å². The predicted molar refractivity (Wildman–Crippen MR) is 95.7 cm³/mol. The van der Waals surface area contributed by atoms with E-state index in [1.54, 1.807) is 6.08 Å². The molecule has 0 aliphatic heterocycles. The Morgan fingerprint density at radius 1 is 1.04 bits per heavy atom. The lowest BCUT2D eigenvalue weighted by Crippen LogP contribution is -2.13. The number of allylic oxidation sites excluding steroid dienone is 6. The number of hydrogen-bond donors (Lipinski definition) is 2. The van der Waals surface area contributed by atoms with Gasteiger partial charge in [0.05, 0.1) is 0 Å². The van der Waals surface area contributed by atoms with Crippen LogP contribution >= 0.6 is 0 Å². The maximum atomic E-state index is 11.9. The summed E-state index contributed by atoms with van der Waals surface area (Å²) in [5.74, 6) is -0.409. The first kappa shape index (κ1) is 20.4. The van der Waals surface area contributed by atoms with Gasteiger partial charge in [0, 0.05) is 24.9 Å². The Morgan fingerprint density at radius 2 is 1.79 bits per heavy atom. The van der Waals surface area contributed by atoms with Crippen molar-refractivity contribution in [3.8, 4) is 0 Å². The van der Waals surface area contributed by atoms with Gasteiger partial charge in [-0.25, -0.2) is 0 Å². The number of aliphatic hydroxyl groups is 1. The molecule has 0 amide bonds. The van der Waals surface area contributed by atoms with Crippen molar-refractivity contribution in [2.24, 2.45) is 11.8 Å². The number of carbonyl (C=O) groups excluding carboxylic acids is 1. The van der Waals surface area contributed by atoms with Gasteiger partial charge in [0.15, 0.2) is 5.78 Å². The molecule has 0 spiro atoms. The molecule has 1 aliphatic rings. The van der Waals surface area contributed by atoms with Gasteiger partial charge < -0.3 is 10.2 Å². The highest BCUT2D eigenvalue weighted by molar-refractivity contribution is 5.95. The fourth-order valence-electron chi connectivity index (χ4n) is 2.84. The second-order valence-electron chi connectivity index (χ2n) is 6.29. The number of carboxylic acids is 1. The standard InChI is InChI=1S/C20H30O4/c21-16-10-6-2-1-3-7-11-17-14-15-19(22)18(17)12-8-4-5-9-13-20(23)24/h4,7-8,11,14-15,17-18,21H,1-3,5-6,9-10,12-13,16H2,(H,23,24)/b8-4?,11-7+/t17-,18+/m0/s1. The molecule has 0 aromatic rings. The summed E-state index contributed by atoms with van der Waals surface area (Å²) in [4.78, 5) is 22.4. The minimum absolute atomic E-state index is 0.00800. The van der Waals surface area contributed by atoms with Gasteiger partial charge in [0.25, 0.3) is 0 Å². The maximum absolute atomic E-state index is 11.9. The van der Waals surface area contributed by atoms with Crippen molar-refractivity contribution in [3.05, 3.63) is 36.5 Å². The minimum Gasteiger partial charge on any atom is -0.481 e. The van der Waals surface area contributed by atoms with Crippen molar-refractivity contribution in [1.82, 2.24) is 0 Å². The number of aliphatic hydroxyl groups excluding tert-OH is 1. The third kappa shape index (κ3) is 8.82. The molecular formula is C20H30O4. The van der Waals surface area contributed by atoms with Crippen LogP contribution in [0.5, 0.6) is 0 Å². The van der Waals surface area contributed by atoms with E-state index in [4.69, 9.17) is 10.2 Å². The minimum atomic E-state index is -0.764. The zero-order chi connectivity index (χ0) is 17.6. The summed E-state index contributed by atoms with van der Waals surface area (Å²) in [5, 5.41) is 17.3. The first-order valence-electron chi connectivity index (χ1n) is 9.01. The van der Waals surface area contributed by atoms with Crippen molar-refractivity contribution in [2.45, 2.75) is 57.8 Å². The molecule has 24 heavy (non-hydrogen) atoms. The summed E-state index contributed by atoms with van der Waals surface area (Å²) < 4.78 is 0. The van der Waals surface area contributed by atoms with Gasteiger partial charge in [-0.05, 0) is 44.6 Å². The van der Waals surface area contributed by atoms with Crippen LogP contribution in [0.4, 0.5) is 0 Å². The van der Waals surface area contributed by atoms with Crippen LogP contribution in [0.1, 0.15) is 57.8 Å². The van der Waals surface area contributed by atoms with E-state index in [9.17, 15) is 9.59 Å². The lowest BCUT2D eigenvalue weighted by molar-refractivity contribution is -0.137. The molecule has 4 nitrogen and oxygen atoms in total. The molecule has 2 N–H and O–H groups in total. The van der Waals surface area contributed by atoms with Crippen LogP contribution < -0.4 is 0 Å². The Labute approximate surface area is 145 Å². The van der Waals surface area contributed by atoms with E-state index in [-0.39, 0.29) is 30.6 Å². The van der Waals surface area contributed by atoms with E-state index >= 15 is 0 Å². The number of ketones is 1. The molecular weight excluding hydrogens is 304 g/mol. The third-order valence-electron chi connectivity index (χ3n) is 4.27. The van der Waals surface area contributed by atoms with Crippen molar-refractivity contribution < 1.29 is 19.8 Å². The smallest absolute Gasteiger partial charge is 0.303 e. The Bertz CT molecular complexity index is 462. The average molecular weight is 334 g/mol. The number of rotatable bonds is 13. The van der Waals surface area contributed by atoms with Gasteiger partial charge in [-0.3, -0.25) is 9.59 Å². The van der Waals surface area contributed by atoms with Gasteiger partial charge in [0.1, 0.15) is 0 Å². The summed E-state index contributed by atoms with van der Waals surface area (Å²) in [6, 6.07) is 0. The van der Waals surface area contributed by atoms with E-state index < -0.39 is 5.97 Å². The van der Waals surface area contributed by atoms with Gasteiger partial charge >= 0.3 is 5.97 Å². The Hall–Kier alpha value is -1.68. The lowest BCUT2D eigenvalue weighted by Gasteiger charge is -2.12. The van der Waals surface area contributed by atoms with E-state index in [0.29, 0.717) is 12.8 Å². The van der Waals surface area contributed by atoms with Crippen LogP contribution in [0, 0.1) is 11.8 Å². The van der Waals surface area contributed by atoms with Crippen molar-refractivity contribution in [3.63, 3.8) is 0 Å². The average Bonchev–Trinajstić information content (AvgIpc) is 2.90. The molecule has 0 unspecified atom stereocenters. The van der Waals surface area contributed by atoms with E-state index in [1.165, 1.54) is 0 Å². The Morgan fingerprint density at radius 3 is 2.54 bits per heavy atom. The summed E-state index contributed by atoms with van der Waals surface area (Å²) in [6.07, 6.45) is 19.5. The van der Waals surface area contributed by atoms with E-state index in [2.05, 4.69) is 12.2 Å². The highest BCUT2D eigenvalue weighted by Gasteiger charge is 2.26. The quantitative estimate of drug-likeness (QED) is 0.393. The number of carbonyl (C=O) groups is 2. The molecule has 4 heteroatoms. The molecule has 0 fully saturated rings. The Kier molecular flexibility index (Phi) is 10.8. The molecule has 0 saturated carbocycles. The zero-order valence-electron chi connectivity index (χ0n) is 14.4. The summed E-state index contributed by atoms with van der Waals surface area (Å²) in [5.41, 5.74) is 0. The fourth-order valence-corrected chi connectivity index (χ4v) is 2.84. The summed E-state index contributed by atoms with van der Waals surface area (Å²) in [7, 11) is 0. The first-order valence-corrected chi connectivity index (χ1v) is 9.01. The second kappa shape index (κ2) is 12.7. The predicted octanol–water partition coefficient (Wildman–Crippen LogP) is 4.06. The molecule has 0 saturated heterocycles. The van der Waals surface area contributed by atoms with Crippen LogP contribution in [0.15, 0.2) is 36.5 Å². The van der Waals surface area contributed by atoms with Crippen LogP contribution in [0.3, 0.4) is 0 Å². The Balaban J connectivity index is 2.26. The normalized spacial score (nSPS) is 20.6. The SMILES string of the molecule is O=C(O)CCCC=CC[C@H]1C(=O)C=C[C@@H]1/C=C/CCCCCCO. The van der Waals surface area contributed by atoms with Gasteiger partial charge in [-0.15, -0.1) is 0 Å². The van der Waals surface area contributed by atoms with Crippen LogP contribution in [0.25, 0.3) is 0 Å². The molecule has 0 heterocycles. The molecule has 0 radical (unpaired) electrons. The van der Waals surface area contributed by atoms with Crippen LogP contribution in [0.2, 0.25) is 0 Å². The molecule has 2 atom stereocenters. The second-order valence-corrected chi connectivity index (χ2v) is 6.29. The van der Waals surface area contributed by atoms with Crippen molar-refractivity contribution in [2.75, 3.05) is 6.61 Å². The third-order valence-corrected chi connectivity index (χ3v) is 4.27. The van der Waals surface area contributed by atoms with Crippen molar-refractivity contribution in [1.29, 1.82) is 0 Å². The van der Waals surface area contributed by atoms with Crippen LogP contribution in [-0.4, -0.2) is 28.6 Å². The van der Waals surface area contributed by atoms with E-state index in [1.807, 2.05) is 18.2 Å². The molecule has 0 aromatic carbocycles. The van der Waals surface area contributed by atoms with Crippen molar-refractivity contribution >= 4 is 11.8 Å². The summed E-state index contributed by atoms with van der Waals surface area (Å²) >= 11 is 0. The molecule has 1 aliphatic carbocycles. The molecule has 0 bridgehead atoms. The lowest BCUT2D eigenvalue weighted by atomic mass is 9.90. The number of carboxylic acid groups (broad SMARTS) is 1. The van der Waals surface area contributed by atoms with E-state index in [0.717, 1.165) is 38.5 Å². The summed E-state index contributed by atoms with van der Waals surface area (Å²) in [6.45, 7) is 0.274. The van der Waals surface area contributed by atoms with Gasteiger partial charge in [-0.1, -0.05) is 43.2 Å². The van der Waals surface area contributed by atoms with Crippen LogP contribution in [-0.2, 0) is 9.59 Å². The zero-order valence-corrected chi connectivity index (χ0v) is 14.4. The largest absolute Gasteiger partial charge is 0.481 e. The molecule has 0 aromatic heterocycles. The number of aliphatic carboxylic acids is 1. The fraction of sp³-hybridized carbons (Fsp3) is 0.600. The first-order chi connectivity index (χ1) is 11.6. The monoisotopic (exact) mass is 334 g/mol. The molecule has 1 rings (SSSR count). The highest BCUT2D eigenvalue weighted by atomic mass is 16.4. The van der Waals surface area contributed by atoms with Gasteiger partial charge in [0.2, 0.25) is 0 Å². The molecule has 134 valence electrons. The van der Waals surface area contributed by atoms with Gasteiger partial charge in [-0.2, -0.15) is 0 Å². The highest BCUT2D eigenvalue weighted by Crippen LogP contribution is 2.27. The number of unbranched alkanes of at least 4 members (excludes halogenated alkanes) is 5.